The van der Waals surface area contributed by atoms with Crippen molar-refractivity contribution in [3.05, 3.63) is 35.6 Å². The topological polar surface area (TPSA) is 55.8 Å². The number of carbonyl (C=O) groups excluding carboxylic acids is 1. The van der Waals surface area contributed by atoms with Crippen molar-refractivity contribution >= 4 is 5.91 Å². The third-order valence-electron chi connectivity index (χ3n) is 4.38. The molecule has 5 nitrogen and oxygen atoms in total. The number of hydrogen-bond donors (Lipinski definition) is 2. The number of aliphatic hydroxyl groups excluding tert-OH is 1. The predicted octanol–water partition coefficient (Wildman–Crippen LogP) is 0.193. The first-order valence-electron chi connectivity index (χ1n) is 7.79. The molecule has 1 amide bonds. The number of halogens is 1. The van der Waals surface area contributed by atoms with E-state index in [9.17, 15) is 14.3 Å². The van der Waals surface area contributed by atoms with Crippen LogP contribution in [-0.4, -0.2) is 65.7 Å². The summed E-state index contributed by atoms with van der Waals surface area (Å²) in [6, 6.07) is 6.40. The van der Waals surface area contributed by atoms with Gasteiger partial charge < -0.3 is 15.3 Å². The quantitative estimate of drug-likeness (QED) is 0.837. The molecule has 2 heterocycles. The van der Waals surface area contributed by atoms with Gasteiger partial charge in [0.2, 0.25) is 5.91 Å². The number of β-amino-alcohol motifs (C(OH)–C–C–N with tert-alkyl or cyclic N) is 1. The molecule has 0 aromatic heterocycles. The highest BCUT2D eigenvalue weighted by Gasteiger charge is 2.32. The Labute approximate surface area is 129 Å². The third-order valence-corrected chi connectivity index (χ3v) is 4.38. The smallest absolute Gasteiger partial charge is 0.239 e. The Morgan fingerprint density at radius 1 is 1.32 bits per heavy atom. The number of aliphatic hydroxyl groups is 1. The van der Waals surface area contributed by atoms with Gasteiger partial charge in [-0.3, -0.25) is 9.69 Å². The van der Waals surface area contributed by atoms with Crippen LogP contribution in [0.3, 0.4) is 0 Å². The average Bonchev–Trinajstić information content (AvgIpc) is 2.94. The minimum atomic E-state index is -0.414. The van der Waals surface area contributed by atoms with Gasteiger partial charge in [0.25, 0.3) is 0 Å². The Morgan fingerprint density at radius 3 is 2.73 bits per heavy atom. The van der Waals surface area contributed by atoms with E-state index in [0.717, 1.165) is 18.7 Å². The maximum absolute atomic E-state index is 13.2. The van der Waals surface area contributed by atoms with Gasteiger partial charge >= 0.3 is 0 Å². The molecular weight excluding hydrogens is 285 g/mol. The molecule has 0 bridgehead atoms. The first-order valence-corrected chi connectivity index (χ1v) is 7.79. The molecule has 3 rings (SSSR count). The van der Waals surface area contributed by atoms with Gasteiger partial charge in [-0.1, -0.05) is 12.1 Å². The summed E-state index contributed by atoms with van der Waals surface area (Å²) in [5.74, 6) is -0.126. The zero-order valence-electron chi connectivity index (χ0n) is 12.5. The Balaban J connectivity index is 1.49. The lowest BCUT2D eigenvalue weighted by Gasteiger charge is -2.36. The van der Waals surface area contributed by atoms with E-state index in [1.165, 1.54) is 6.07 Å². The molecule has 2 saturated heterocycles. The van der Waals surface area contributed by atoms with Crippen LogP contribution in [0.4, 0.5) is 4.39 Å². The highest BCUT2D eigenvalue weighted by Crippen LogP contribution is 2.14. The molecule has 2 atom stereocenters. The molecule has 22 heavy (non-hydrogen) atoms. The lowest BCUT2D eigenvalue weighted by molar-refractivity contribution is -0.135. The summed E-state index contributed by atoms with van der Waals surface area (Å²) in [5, 5.41) is 12.6. The zero-order chi connectivity index (χ0) is 15.5. The molecule has 120 valence electrons. The zero-order valence-corrected chi connectivity index (χ0v) is 12.5. The second-order valence-corrected chi connectivity index (χ2v) is 6.08. The van der Waals surface area contributed by atoms with E-state index in [4.69, 9.17) is 0 Å². The largest absolute Gasteiger partial charge is 0.392 e. The number of hydrogen-bond acceptors (Lipinski definition) is 4. The van der Waals surface area contributed by atoms with Crippen LogP contribution >= 0.6 is 0 Å². The van der Waals surface area contributed by atoms with Crippen LogP contribution in [0.25, 0.3) is 0 Å². The number of carbonyl (C=O) groups is 1. The minimum absolute atomic E-state index is 0.0851. The SMILES string of the molecule is O=C([C@@H]1C[C@@H](O)CN1)N1CCN(Cc2cccc(F)c2)CC1. The van der Waals surface area contributed by atoms with Crippen LogP contribution in [0.1, 0.15) is 12.0 Å². The van der Waals surface area contributed by atoms with Gasteiger partial charge in [0.1, 0.15) is 5.82 Å². The average molecular weight is 307 g/mol. The number of nitrogens with one attached hydrogen (secondary N) is 1. The van der Waals surface area contributed by atoms with Crippen molar-refractivity contribution in [1.82, 2.24) is 15.1 Å². The molecule has 2 N–H and O–H groups in total. The number of amides is 1. The fraction of sp³-hybridized carbons (Fsp3) is 0.562. The van der Waals surface area contributed by atoms with Crippen LogP contribution < -0.4 is 5.32 Å². The molecular formula is C16H22FN3O2. The second-order valence-electron chi connectivity index (χ2n) is 6.08. The summed E-state index contributed by atoms with van der Waals surface area (Å²) in [7, 11) is 0. The second kappa shape index (κ2) is 6.73. The van der Waals surface area contributed by atoms with E-state index in [0.29, 0.717) is 32.6 Å². The Kier molecular flexibility index (Phi) is 4.71. The van der Waals surface area contributed by atoms with Gasteiger partial charge in [-0.25, -0.2) is 4.39 Å². The van der Waals surface area contributed by atoms with Crippen molar-refractivity contribution in [2.75, 3.05) is 32.7 Å². The summed E-state index contributed by atoms with van der Waals surface area (Å²) >= 11 is 0. The first kappa shape index (κ1) is 15.4. The summed E-state index contributed by atoms with van der Waals surface area (Å²) in [6.07, 6.45) is 0.0886. The summed E-state index contributed by atoms with van der Waals surface area (Å²) in [5.41, 5.74) is 0.959. The molecule has 1 aromatic rings. The van der Waals surface area contributed by atoms with E-state index in [1.807, 2.05) is 11.0 Å². The predicted molar refractivity (Wildman–Crippen MR) is 80.7 cm³/mol. The maximum atomic E-state index is 13.2. The highest BCUT2D eigenvalue weighted by atomic mass is 19.1. The first-order chi connectivity index (χ1) is 10.6. The molecule has 0 saturated carbocycles. The van der Waals surface area contributed by atoms with Crippen molar-refractivity contribution in [2.45, 2.75) is 25.1 Å². The lowest BCUT2D eigenvalue weighted by Crippen LogP contribution is -2.52. The maximum Gasteiger partial charge on any atom is 0.239 e. The van der Waals surface area contributed by atoms with E-state index >= 15 is 0 Å². The Bertz CT molecular complexity index is 532. The normalized spacial score (nSPS) is 26.4. The summed E-state index contributed by atoms with van der Waals surface area (Å²) in [6.45, 7) is 4.15. The highest BCUT2D eigenvalue weighted by molar-refractivity contribution is 5.82. The number of piperazine rings is 1. The monoisotopic (exact) mass is 307 g/mol. The lowest BCUT2D eigenvalue weighted by atomic mass is 10.1. The van der Waals surface area contributed by atoms with Crippen molar-refractivity contribution in [2.24, 2.45) is 0 Å². The molecule has 1 aromatic carbocycles. The molecule has 6 heteroatoms. The fourth-order valence-corrected chi connectivity index (χ4v) is 3.15. The van der Waals surface area contributed by atoms with Crippen molar-refractivity contribution in [1.29, 1.82) is 0 Å². The Morgan fingerprint density at radius 2 is 2.09 bits per heavy atom. The van der Waals surface area contributed by atoms with E-state index in [2.05, 4.69) is 10.2 Å². The van der Waals surface area contributed by atoms with Crippen LogP contribution in [0.5, 0.6) is 0 Å². The standard InChI is InChI=1S/C16H22FN3O2/c17-13-3-1-2-12(8-13)11-19-4-6-20(7-5-19)16(22)15-9-14(21)10-18-15/h1-3,8,14-15,18,21H,4-7,9-11H2/t14-,15+/m1/s1. The van der Waals surface area contributed by atoms with Crippen LogP contribution in [0, 0.1) is 5.82 Å². The van der Waals surface area contributed by atoms with Crippen molar-refractivity contribution in [3.63, 3.8) is 0 Å². The summed E-state index contributed by atoms with van der Waals surface area (Å²) < 4.78 is 13.2. The fourth-order valence-electron chi connectivity index (χ4n) is 3.15. The van der Waals surface area contributed by atoms with Gasteiger partial charge in [-0.15, -0.1) is 0 Å². The molecule has 2 aliphatic heterocycles. The van der Waals surface area contributed by atoms with Crippen LogP contribution in [0.2, 0.25) is 0 Å². The van der Waals surface area contributed by atoms with Gasteiger partial charge in [-0.05, 0) is 24.1 Å². The molecule has 0 spiro atoms. The number of rotatable bonds is 3. The van der Waals surface area contributed by atoms with E-state index < -0.39 is 6.10 Å². The van der Waals surface area contributed by atoms with E-state index in [-0.39, 0.29) is 17.8 Å². The van der Waals surface area contributed by atoms with Crippen LogP contribution in [0.15, 0.2) is 24.3 Å². The van der Waals surface area contributed by atoms with Crippen molar-refractivity contribution in [3.8, 4) is 0 Å². The van der Waals surface area contributed by atoms with Gasteiger partial charge in [0.05, 0.1) is 12.1 Å². The number of nitrogens with zero attached hydrogens (tertiary/aromatic N) is 2. The van der Waals surface area contributed by atoms with Gasteiger partial charge in [-0.2, -0.15) is 0 Å². The number of benzene rings is 1. The Hall–Kier alpha value is -1.50. The molecule has 2 fully saturated rings. The minimum Gasteiger partial charge on any atom is -0.392 e. The summed E-state index contributed by atoms with van der Waals surface area (Å²) in [4.78, 5) is 16.4. The molecule has 0 unspecified atom stereocenters. The van der Waals surface area contributed by atoms with Crippen molar-refractivity contribution < 1.29 is 14.3 Å². The van der Waals surface area contributed by atoms with E-state index in [1.54, 1.807) is 12.1 Å². The molecule has 2 aliphatic rings. The molecule has 0 aliphatic carbocycles. The van der Waals surface area contributed by atoms with Crippen LogP contribution in [-0.2, 0) is 11.3 Å². The van der Waals surface area contributed by atoms with Gasteiger partial charge in [0, 0.05) is 39.3 Å². The van der Waals surface area contributed by atoms with Gasteiger partial charge in [0.15, 0.2) is 0 Å². The third kappa shape index (κ3) is 3.63. The molecule has 0 radical (unpaired) electrons.